The van der Waals surface area contributed by atoms with Crippen LogP contribution in [0.25, 0.3) is 0 Å². The molecule has 1 aromatic rings. The zero-order chi connectivity index (χ0) is 13.3. The summed E-state index contributed by atoms with van der Waals surface area (Å²) in [6.45, 7) is 4.63. The van der Waals surface area contributed by atoms with E-state index in [1.807, 2.05) is 12.3 Å². The van der Waals surface area contributed by atoms with E-state index in [-0.39, 0.29) is 11.9 Å². The van der Waals surface area contributed by atoms with Crippen LogP contribution in [0.3, 0.4) is 0 Å². The number of nitrogens with one attached hydrogen (secondary N) is 1. The van der Waals surface area contributed by atoms with Gasteiger partial charge >= 0.3 is 0 Å². The van der Waals surface area contributed by atoms with Crippen LogP contribution in [0.4, 0.5) is 0 Å². The molecular formula is C13H20BrN3O. The van der Waals surface area contributed by atoms with Gasteiger partial charge in [0, 0.05) is 29.3 Å². The minimum Gasteiger partial charge on any atom is -0.349 e. The summed E-state index contributed by atoms with van der Waals surface area (Å²) in [5, 5.41) is 2.91. The third-order valence-electron chi connectivity index (χ3n) is 3.34. The Bertz CT molecular complexity index is 437. The van der Waals surface area contributed by atoms with E-state index < -0.39 is 0 Å². The van der Waals surface area contributed by atoms with E-state index in [1.54, 1.807) is 0 Å². The lowest BCUT2D eigenvalue weighted by molar-refractivity contribution is 0.0939. The van der Waals surface area contributed by atoms with Gasteiger partial charge in [-0.1, -0.05) is 13.8 Å². The topological polar surface area (TPSA) is 60.0 Å². The molecule has 1 amide bonds. The zero-order valence-corrected chi connectivity index (χ0v) is 12.4. The molecule has 0 radical (unpaired) electrons. The second-order valence-electron chi connectivity index (χ2n) is 5.30. The first-order valence-electron chi connectivity index (χ1n) is 6.40. The number of rotatable bonds is 5. The Hall–Kier alpha value is -0.810. The van der Waals surface area contributed by atoms with Crippen molar-refractivity contribution < 1.29 is 4.79 Å². The van der Waals surface area contributed by atoms with Crippen molar-refractivity contribution in [1.29, 1.82) is 0 Å². The van der Waals surface area contributed by atoms with E-state index in [9.17, 15) is 4.79 Å². The van der Waals surface area contributed by atoms with E-state index in [4.69, 9.17) is 5.73 Å². The summed E-state index contributed by atoms with van der Waals surface area (Å²) in [5.41, 5.74) is 6.65. The Kier molecular flexibility index (Phi) is 4.12. The van der Waals surface area contributed by atoms with E-state index in [2.05, 4.69) is 39.7 Å². The molecule has 1 heterocycles. The van der Waals surface area contributed by atoms with E-state index >= 15 is 0 Å². The predicted octanol–water partition coefficient (Wildman–Crippen LogP) is 2.30. The smallest absolute Gasteiger partial charge is 0.268 e. The monoisotopic (exact) mass is 313 g/mol. The molecule has 3 N–H and O–H groups in total. The molecule has 1 saturated carbocycles. The van der Waals surface area contributed by atoms with Gasteiger partial charge in [-0.05, 0) is 40.8 Å². The molecule has 0 spiro atoms. The standard InChI is InChI=1S/C13H20BrN3O/c1-8(2)11(15)6-16-13(18)12-5-9(14)7-17(12)10-3-4-10/h5,7-8,10-11H,3-4,6,15H2,1-2H3,(H,16,18). The number of hydrogen-bond acceptors (Lipinski definition) is 2. The molecule has 1 aliphatic carbocycles. The molecular weight excluding hydrogens is 294 g/mol. The Morgan fingerprint density at radius 1 is 1.61 bits per heavy atom. The SMILES string of the molecule is CC(C)C(N)CNC(=O)c1cc(Br)cn1C1CC1. The van der Waals surface area contributed by atoms with Crippen molar-refractivity contribution >= 4 is 21.8 Å². The molecule has 0 saturated heterocycles. The average Bonchev–Trinajstić information content (AvgIpc) is 3.08. The van der Waals surface area contributed by atoms with E-state index in [1.165, 1.54) is 0 Å². The van der Waals surface area contributed by atoms with Gasteiger partial charge in [0.15, 0.2) is 0 Å². The molecule has 0 bridgehead atoms. The molecule has 1 aliphatic rings. The van der Waals surface area contributed by atoms with Gasteiger partial charge in [-0.15, -0.1) is 0 Å². The highest BCUT2D eigenvalue weighted by Gasteiger charge is 2.27. The summed E-state index contributed by atoms with van der Waals surface area (Å²) in [5.74, 6) is 0.330. The Morgan fingerprint density at radius 3 is 2.83 bits per heavy atom. The summed E-state index contributed by atoms with van der Waals surface area (Å²) < 4.78 is 3.01. The molecule has 18 heavy (non-hydrogen) atoms. The molecule has 5 heteroatoms. The largest absolute Gasteiger partial charge is 0.349 e. The third kappa shape index (κ3) is 3.14. The van der Waals surface area contributed by atoms with Crippen LogP contribution >= 0.6 is 15.9 Å². The average molecular weight is 314 g/mol. The first kappa shape index (κ1) is 13.6. The molecule has 4 nitrogen and oxygen atoms in total. The van der Waals surface area contributed by atoms with Crippen molar-refractivity contribution in [3.05, 3.63) is 22.4 Å². The zero-order valence-electron chi connectivity index (χ0n) is 10.8. The molecule has 1 aromatic heterocycles. The second-order valence-corrected chi connectivity index (χ2v) is 6.22. The predicted molar refractivity (Wildman–Crippen MR) is 75.5 cm³/mol. The second kappa shape index (κ2) is 5.45. The minimum atomic E-state index is -0.0382. The van der Waals surface area contributed by atoms with Crippen molar-refractivity contribution in [2.24, 2.45) is 11.7 Å². The lowest BCUT2D eigenvalue weighted by atomic mass is 10.1. The fourth-order valence-corrected chi connectivity index (χ4v) is 2.26. The summed E-state index contributed by atoms with van der Waals surface area (Å²) in [6, 6.07) is 2.37. The van der Waals surface area contributed by atoms with Crippen molar-refractivity contribution in [1.82, 2.24) is 9.88 Å². The molecule has 1 fully saturated rings. The Labute approximate surface area is 116 Å². The summed E-state index contributed by atoms with van der Waals surface area (Å²) >= 11 is 3.43. The van der Waals surface area contributed by atoms with Crippen molar-refractivity contribution in [3.63, 3.8) is 0 Å². The van der Waals surface area contributed by atoms with Crippen molar-refractivity contribution in [2.75, 3.05) is 6.54 Å². The van der Waals surface area contributed by atoms with Crippen LogP contribution in [0.5, 0.6) is 0 Å². The normalized spacial score (nSPS) is 16.9. The van der Waals surface area contributed by atoms with Gasteiger partial charge < -0.3 is 15.6 Å². The summed E-state index contributed by atoms with van der Waals surface area (Å²) in [6.07, 6.45) is 4.30. The maximum Gasteiger partial charge on any atom is 0.268 e. The molecule has 100 valence electrons. The number of amides is 1. The lowest BCUT2D eigenvalue weighted by Crippen LogP contribution is -2.40. The van der Waals surface area contributed by atoms with Crippen LogP contribution in [0.15, 0.2) is 16.7 Å². The fraction of sp³-hybridized carbons (Fsp3) is 0.615. The number of nitrogens with two attached hydrogens (primary N) is 1. The lowest BCUT2D eigenvalue weighted by Gasteiger charge is -2.16. The first-order chi connectivity index (χ1) is 8.49. The van der Waals surface area contributed by atoms with Crippen molar-refractivity contribution in [2.45, 2.75) is 38.8 Å². The van der Waals surface area contributed by atoms with Crippen LogP contribution < -0.4 is 11.1 Å². The molecule has 1 unspecified atom stereocenters. The van der Waals surface area contributed by atoms with Gasteiger partial charge in [0.25, 0.3) is 5.91 Å². The van der Waals surface area contributed by atoms with Gasteiger partial charge in [0.1, 0.15) is 5.69 Å². The van der Waals surface area contributed by atoms with Crippen LogP contribution in [0, 0.1) is 5.92 Å². The first-order valence-corrected chi connectivity index (χ1v) is 7.19. The van der Waals surface area contributed by atoms with Crippen molar-refractivity contribution in [3.8, 4) is 0 Å². The Morgan fingerprint density at radius 2 is 2.28 bits per heavy atom. The molecule has 2 rings (SSSR count). The van der Waals surface area contributed by atoms with E-state index in [0.717, 1.165) is 23.0 Å². The number of halogens is 1. The number of aromatic nitrogens is 1. The minimum absolute atomic E-state index is 0.00160. The number of carbonyl (C=O) groups excluding carboxylic acids is 1. The van der Waals surface area contributed by atoms with Gasteiger partial charge in [-0.3, -0.25) is 4.79 Å². The van der Waals surface area contributed by atoms with Gasteiger partial charge in [0.2, 0.25) is 0 Å². The number of carbonyl (C=O) groups is 1. The highest BCUT2D eigenvalue weighted by molar-refractivity contribution is 9.10. The fourth-order valence-electron chi connectivity index (χ4n) is 1.82. The van der Waals surface area contributed by atoms with Gasteiger partial charge in [-0.2, -0.15) is 0 Å². The quantitative estimate of drug-likeness (QED) is 0.876. The molecule has 1 atom stereocenters. The van der Waals surface area contributed by atoms with Gasteiger partial charge in [-0.25, -0.2) is 0 Å². The van der Waals surface area contributed by atoms with E-state index in [0.29, 0.717) is 18.5 Å². The molecule has 0 aliphatic heterocycles. The van der Waals surface area contributed by atoms with Crippen LogP contribution in [-0.2, 0) is 0 Å². The maximum atomic E-state index is 12.1. The highest BCUT2D eigenvalue weighted by Crippen LogP contribution is 2.37. The maximum absolute atomic E-state index is 12.1. The van der Waals surface area contributed by atoms with Gasteiger partial charge in [0.05, 0.1) is 0 Å². The molecule has 0 aromatic carbocycles. The van der Waals surface area contributed by atoms with Crippen LogP contribution in [0.2, 0.25) is 0 Å². The highest BCUT2D eigenvalue weighted by atomic mass is 79.9. The summed E-state index contributed by atoms with van der Waals surface area (Å²) in [4.78, 5) is 12.1. The van der Waals surface area contributed by atoms with Crippen LogP contribution in [0.1, 0.15) is 43.2 Å². The third-order valence-corrected chi connectivity index (χ3v) is 3.78. The summed E-state index contributed by atoms with van der Waals surface area (Å²) in [7, 11) is 0. The number of nitrogens with zero attached hydrogens (tertiary/aromatic N) is 1. The Balaban J connectivity index is 2.00. The number of hydrogen-bond donors (Lipinski definition) is 2. The van der Waals surface area contributed by atoms with Crippen LogP contribution in [-0.4, -0.2) is 23.1 Å².